The number of nitrogens with zero attached hydrogens (tertiary/aromatic N) is 4. The fourth-order valence-electron chi connectivity index (χ4n) is 7.92. The maximum Gasteiger partial charge on any atom is 0.408 e. The number of alkyl carbamates (subject to hydrolysis) is 1. The van der Waals surface area contributed by atoms with Crippen LogP contribution in [0.25, 0.3) is 11.0 Å². The van der Waals surface area contributed by atoms with Crippen LogP contribution in [0.15, 0.2) is 35.3 Å². The van der Waals surface area contributed by atoms with Gasteiger partial charge in [-0.1, -0.05) is 39.7 Å². The van der Waals surface area contributed by atoms with Gasteiger partial charge in [0.25, 0.3) is 10.0 Å². The lowest BCUT2D eigenvalue weighted by Crippen LogP contribution is -2.57. The first-order chi connectivity index (χ1) is 25.6. The minimum atomic E-state index is -3.99. The Labute approximate surface area is 316 Å². The number of hydrogen-bond acceptors (Lipinski definition) is 11. The van der Waals surface area contributed by atoms with Gasteiger partial charge in [0, 0.05) is 24.3 Å². The number of nitrogens with one attached hydrogen (secondary N) is 1. The number of rotatable bonds is 8. The van der Waals surface area contributed by atoms with E-state index >= 15 is 0 Å². The molecule has 15 heteroatoms. The number of sulfonamides is 1. The second-order valence-electron chi connectivity index (χ2n) is 16.8. The van der Waals surface area contributed by atoms with Crippen molar-refractivity contribution in [2.45, 2.75) is 121 Å². The molecule has 292 valence electrons. The minimum absolute atomic E-state index is 0.00716. The highest BCUT2D eigenvalue weighted by Crippen LogP contribution is 2.57. The molecule has 1 aromatic carbocycles. The van der Waals surface area contributed by atoms with Gasteiger partial charge in [0.05, 0.1) is 36.0 Å². The Morgan fingerprint density at radius 2 is 1.91 bits per heavy atom. The van der Waals surface area contributed by atoms with E-state index in [0.29, 0.717) is 47.6 Å². The molecule has 54 heavy (non-hydrogen) atoms. The number of fused-ring (bicyclic) bond motifs is 5. The van der Waals surface area contributed by atoms with Gasteiger partial charge >= 0.3 is 6.09 Å². The Balaban J connectivity index is 1.23. The molecule has 1 aromatic heterocycles. The van der Waals surface area contributed by atoms with E-state index in [2.05, 4.69) is 16.3 Å². The van der Waals surface area contributed by atoms with Crippen LogP contribution in [-0.4, -0.2) is 90.2 Å². The summed E-state index contributed by atoms with van der Waals surface area (Å²) < 4.78 is 46.8. The average molecular weight is 765 g/mol. The average Bonchev–Trinajstić information content (AvgIpc) is 4.04. The van der Waals surface area contributed by atoms with Gasteiger partial charge in [0.2, 0.25) is 11.8 Å². The quantitative estimate of drug-likeness (QED) is 0.232. The van der Waals surface area contributed by atoms with Crippen molar-refractivity contribution in [1.29, 1.82) is 0 Å². The van der Waals surface area contributed by atoms with E-state index in [1.54, 1.807) is 19.3 Å². The molecule has 0 spiro atoms. The number of methoxy groups -OCH3 is 1. The number of benzene rings is 1. The van der Waals surface area contributed by atoms with E-state index in [1.165, 1.54) is 4.90 Å². The third kappa shape index (κ3) is 7.92. The number of allylic oxidation sites excluding steroid dienone is 1. The van der Waals surface area contributed by atoms with E-state index in [9.17, 15) is 27.9 Å². The van der Waals surface area contributed by atoms with Gasteiger partial charge in [-0.15, -0.1) is 6.58 Å². The molecule has 2 bridgehead atoms. The van der Waals surface area contributed by atoms with Gasteiger partial charge in [0.1, 0.15) is 29.7 Å². The van der Waals surface area contributed by atoms with Crippen molar-refractivity contribution in [3.05, 3.63) is 36.5 Å². The standard InChI is InChI=1S/C39H51N5O9S/c1-6-23-19-39(23,36(47)43-54(49,50)26-13-14-26)20-31(45)30-18-25-21-44(30)35(46)33(38(2,3)4)42-37(48)53-32-16-22(32)10-8-7-9-11-28-34(52-25)41-29-17-24(51-5)12-15-27(29)40-28/h6,12,15,17,22-23,25-26,30,32-33H,1,7-11,13-14,16,18-21H2,2-5H3,(H,42,48)(H,43,47)/p-1/t22-,23+,25?,30+,32-,33-,39-/m1/s1. The summed E-state index contributed by atoms with van der Waals surface area (Å²) in [5.41, 5.74) is -0.214. The number of ketones is 1. The number of amides is 2. The van der Waals surface area contributed by atoms with Crippen LogP contribution in [0.2, 0.25) is 0 Å². The molecule has 7 atom stereocenters. The summed E-state index contributed by atoms with van der Waals surface area (Å²) in [6, 6.07) is 3.33. The van der Waals surface area contributed by atoms with Crippen molar-refractivity contribution in [2.75, 3.05) is 13.7 Å². The summed E-state index contributed by atoms with van der Waals surface area (Å²) in [7, 11) is -2.42. The van der Waals surface area contributed by atoms with Gasteiger partial charge in [-0.2, -0.15) is 4.40 Å². The van der Waals surface area contributed by atoms with Crippen molar-refractivity contribution < 1.29 is 42.1 Å². The lowest BCUT2D eigenvalue weighted by Gasteiger charge is -2.35. The maximum atomic E-state index is 14.6. The lowest BCUT2D eigenvalue weighted by molar-refractivity contribution is -0.226. The predicted molar refractivity (Wildman–Crippen MR) is 197 cm³/mol. The fraction of sp³-hybridized carbons (Fsp3) is 0.641. The smallest absolute Gasteiger partial charge is 0.408 e. The largest absolute Gasteiger partial charge is 0.861 e. The fourth-order valence-corrected chi connectivity index (χ4v) is 9.21. The molecule has 5 aliphatic rings. The summed E-state index contributed by atoms with van der Waals surface area (Å²) in [6.45, 7) is 9.27. The third-order valence-electron chi connectivity index (χ3n) is 11.6. The van der Waals surface area contributed by atoms with Gasteiger partial charge in [-0.3, -0.25) is 9.59 Å². The monoisotopic (exact) mass is 764 g/mol. The number of carbonyl (C=O) groups is 3. The highest BCUT2D eigenvalue weighted by molar-refractivity contribution is 7.91. The van der Waals surface area contributed by atoms with Crippen molar-refractivity contribution in [1.82, 2.24) is 20.2 Å². The molecular weight excluding hydrogens is 715 g/mol. The molecule has 1 N–H and O–H groups in total. The first kappa shape index (κ1) is 38.0. The Bertz CT molecular complexity index is 1980. The number of Topliss-reactive ketones (excluding diaryl/α,β-unsaturated/α-hetero) is 1. The molecule has 2 aliphatic heterocycles. The molecule has 1 saturated heterocycles. The van der Waals surface area contributed by atoms with E-state index in [1.807, 2.05) is 32.9 Å². The molecule has 2 amide bonds. The topological polar surface area (TPSA) is 190 Å². The molecule has 14 nitrogen and oxygen atoms in total. The van der Waals surface area contributed by atoms with E-state index in [4.69, 9.17) is 24.2 Å². The van der Waals surface area contributed by atoms with E-state index in [0.717, 1.165) is 32.1 Å². The number of ether oxygens (including phenoxy) is 3. The van der Waals surface area contributed by atoms with Crippen LogP contribution >= 0.6 is 0 Å². The highest BCUT2D eigenvalue weighted by atomic mass is 32.2. The number of hydrogen-bond donors (Lipinski definition) is 1. The highest BCUT2D eigenvalue weighted by Gasteiger charge is 2.57. The van der Waals surface area contributed by atoms with Gasteiger partial charge < -0.3 is 29.5 Å². The second-order valence-corrected chi connectivity index (χ2v) is 18.6. The van der Waals surface area contributed by atoms with Gasteiger partial charge in [0.15, 0.2) is 5.78 Å². The number of aromatic nitrogens is 2. The zero-order chi connectivity index (χ0) is 38.6. The molecule has 3 saturated carbocycles. The Morgan fingerprint density at radius 1 is 1.13 bits per heavy atom. The Hall–Kier alpha value is -4.27. The van der Waals surface area contributed by atoms with Crippen LogP contribution in [0.1, 0.15) is 90.7 Å². The van der Waals surface area contributed by atoms with Crippen molar-refractivity contribution in [3.63, 3.8) is 0 Å². The second kappa shape index (κ2) is 14.4. The summed E-state index contributed by atoms with van der Waals surface area (Å²) >= 11 is 0. The summed E-state index contributed by atoms with van der Waals surface area (Å²) in [5, 5.41) is 15.7. The van der Waals surface area contributed by atoms with Crippen LogP contribution in [0.3, 0.4) is 0 Å². The lowest BCUT2D eigenvalue weighted by atomic mass is 9.85. The normalized spacial score (nSPS) is 30.8. The molecular formula is C39H50N5O9S-. The summed E-state index contributed by atoms with van der Waals surface area (Å²) in [4.78, 5) is 53.5. The van der Waals surface area contributed by atoms with Crippen LogP contribution in [0.4, 0.5) is 4.79 Å². The summed E-state index contributed by atoms with van der Waals surface area (Å²) in [6.07, 6.45) is 5.84. The van der Waals surface area contributed by atoms with E-state index < -0.39 is 73.9 Å². The van der Waals surface area contributed by atoms with Gasteiger partial charge in [-0.05, 0) is 80.2 Å². The molecule has 4 fully saturated rings. The number of carbonyl (C=O) groups excluding carboxylic acids is 3. The molecule has 2 aromatic rings. The first-order valence-corrected chi connectivity index (χ1v) is 20.6. The predicted octanol–water partition coefficient (Wildman–Crippen LogP) is 4.04. The zero-order valence-corrected chi connectivity index (χ0v) is 32.2. The first-order valence-electron chi connectivity index (χ1n) is 19.1. The van der Waals surface area contributed by atoms with Crippen LogP contribution < -0.4 is 19.9 Å². The molecule has 0 radical (unpaired) electrons. The molecule has 3 heterocycles. The van der Waals surface area contributed by atoms with Crippen LogP contribution in [0.5, 0.6) is 11.6 Å². The van der Waals surface area contributed by atoms with Crippen LogP contribution in [0, 0.1) is 22.7 Å². The SMILES string of the molecule is C=C[C@H]1C[C@]1(CC(=O)[C@@H]1CC2CN1C(=O)[C@H](C(C)(C)C)NC(=O)O[C@@H]1C[C@H]1CCCCCc1nc3ccc(OC)cc3nc1O2)/C([O-])=N/S(=O)(=O)C1CC1. The maximum absolute atomic E-state index is 14.6. The van der Waals surface area contributed by atoms with Crippen molar-refractivity contribution >= 4 is 44.7 Å². The Morgan fingerprint density at radius 3 is 2.59 bits per heavy atom. The molecule has 1 unspecified atom stereocenters. The van der Waals surface area contributed by atoms with E-state index in [-0.39, 0.29) is 37.8 Å². The zero-order valence-electron chi connectivity index (χ0n) is 31.4. The number of aryl methyl sites for hydroxylation is 1. The Kier molecular flexibility index (Phi) is 10.2. The molecule has 7 rings (SSSR count). The van der Waals surface area contributed by atoms with Crippen LogP contribution in [-0.2, 0) is 30.8 Å². The molecule has 3 aliphatic carbocycles. The minimum Gasteiger partial charge on any atom is -0.861 e. The summed E-state index contributed by atoms with van der Waals surface area (Å²) in [5.74, 6) is -1.04. The van der Waals surface area contributed by atoms with Crippen molar-refractivity contribution in [3.8, 4) is 11.6 Å². The van der Waals surface area contributed by atoms with Crippen molar-refractivity contribution in [2.24, 2.45) is 27.1 Å². The third-order valence-corrected chi connectivity index (χ3v) is 13.3. The van der Waals surface area contributed by atoms with Gasteiger partial charge in [-0.25, -0.2) is 23.2 Å².